The summed E-state index contributed by atoms with van der Waals surface area (Å²) in [5.74, 6) is 0. The summed E-state index contributed by atoms with van der Waals surface area (Å²) in [4.78, 5) is 0. The summed E-state index contributed by atoms with van der Waals surface area (Å²) >= 11 is 0. The first-order chi connectivity index (χ1) is 5.99. The Kier molecular flexibility index (Phi) is 3.17. The fraction of sp³-hybridized carbons (Fsp3) is 0.600. The van der Waals surface area contributed by atoms with Gasteiger partial charge in [0.05, 0.1) is 0 Å². The van der Waals surface area contributed by atoms with Crippen LogP contribution in [-0.2, 0) is 0 Å². The van der Waals surface area contributed by atoms with Gasteiger partial charge in [0, 0.05) is 6.42 Å². The van der Waals surface area contributed by atoms with Crippen molar-refractivity contribution in [2.24, 2.45) is 0 Å². The Bertz CT molecular complexity index is 233. The molecule has 0 nitrogen and oxygen atoms in total. The molecule has 0 fully saturated rings. The minimum atomic E-state index is -4.03. The van der Waals surface area contributed by atoms with Crippen LogP contribution in [0.4, 0.5) is 13.2 Å². The molecule has 0 aromatic carbocycles. The van der Waals surface area contributed by atoms with Crippen molar-refractivity contribution in [2.75, 3.05) is 0 Å². The molecule has 0 bridgehead atoms. The predicted octanol–water partition coefficient (Wildman–Crippen LogP) is 4.00. The maximum absolute atomic E-state index is 11.9. The van der Waals surface area contributed by atoms with Crippen molar-refractivity contribution in [1.82, 2.24) is 0 Å². The third-order valence-corrected chi connectivity index (χ3v) is 2.19. The number of hydrogen-bond donors (Lipinski definition) is 0. The van der Waals surface area contributed by atoms with Gasteiger partial charge in [0.15, 0.2) is 0 Å². The van der Waals surface area contributed by atoms with Crippen LogP contribution in [0.15, 0.2) is 23.3 Å². The van der Waals surface area contributed by atoms with E-state index in [1.54, 1.807) is 0 Å². The second-order valence-electron chi connectivity index (χ2n) is 3.31. The maximum Gasteiger partial charge on any atom is 0.389 e. The van der Waals surface area contributed by atoms with Gasteiger partial charge in [0.1, 0.15) is 0 Å². The van der Waals surface area contributed by atoms with Gasteiger partial charge in [-0.1, -0.05) is 17.7 Å². The molecule has 0 aromatic rings. The molecule has 0 saturated carbocycles. The Labute approximate surface area is 76.1 Å². The molecule has 1 rings (SSSR count). The maximum atomic E-state index is 11.9. The standard InChI is InChI=1S/C10H13F3/c1-8-4-2-3-5-9(8)6-7-10(11,12)13/h4-5H,2-3,6-7H2,1H3. The number of allylic oxidation sites excluding steroid dienone is 4. The minimum absolute atomic E-state index is 0.131. The molecule has 1 aliphatic carbocycles. The van der Waals surface area contributed by atoms with E-state index in [1.165, 1.54) is 0 Å². The first kappa shape index (κ1) is 10.4. The van der Waals surface area contributed by atoms with Gasteiger partial charge in [-0.05, 0) is 31.8 Å². The van der Waals surface area contributed by atoms with E-state index in [4.69, 9.17) is 0 Å². The number of halogens is 3. The van der Waals surface area contributed by atoms with Crippen LogP contribution in [0.1, 0.15) is 32.6 Å². The van der Waals surface area contributed by atoms with Crippen LogP contribution >= 0.6 is 0 Å². The molecular weight excluding hydrogens is 177 g/mol. The minimum Gasteiger partial charge on any atom is -0.171 e. The number of rotatable bonds is 2. The van der Waals surface area contributed by atoms with Gasteiger partial charge in [-0.25, -0.2) is 0 Å². The highest BCUT2D eigenvalue weighted by molar-refractivity contribution is 5.31. The van der Waals surface area contributed by atoms with Crippen molar-refractivity contribution >= 4 is 0 Å². The molecule has 0 aromatic heterocycles. The summed E-state index contributed by atoms with van der Waals surface area (Å²) in [5.41, 5.74) is 1.87. The molecule has 0 unspecified atom stereocenters. The van der Waals surface area contributed by atoms with E-state index < -0.39 is 12.6 Å². The fourth-order valence-electron chi connectivity index (χ4n) is 1.43. The molecule has 0 amide bonds. The summed E-state index contributed by atoms with van der Waals surface area (Å²) in [5, 5.41) is 0. The van der Waals surface area contributed by atoms with E-state index in [9.17, 15) is 13.2 Å². The van der Waals surface area contributed by atoms with E-state index in [1.807, 2.05) is 19.1 Å². The first-order valence-electron chi connectivity index (χ1n) is 4.42. The van der Waals surface area contributed by atoms with Crippen molar-refractivity contribution in [3.63, 3.8) is 0 Å². The molecule has 0 atom stereocenters. The molecule has 0 radical (unpaired) electrons. The molecule has 3 heteroatoms. The first-order valence-corrected chi connectivity index (χ1v) is 4.42. The Morgan fingerprint density at radius 1 is 1.23 bits per heavy atom. The Morgan fingerprint density at radius 2 is 1.85 bits per heavy atom. The van der Waals surface area contributed by atoms with Crippen molar-refractivity contribution in [3.8, 4) is 0 Å². The smallest absolute Gasteiger partial charge is 0.171 e. The van der Waals surface area contributed by atoms with Crippen molar-refractivity contribution < 1.29 is 13.2 Å². The largest absolute Gasteiger partial charge is 0.389 e. The van der Waals surface area contributed by atoms with Crippen LogP contribution in [0.5, 0.6) is 0 Å². The molecule has 0 spiro atoms. The van der Waals surface area contributed by atoms with Crippen LogP contribution in [0, 0.1) is 0 Å². The summed E-state index contributed by atoms with van der Waals surface area (Å²) in [7, 11) is 0. The van der Waals surface area contributed by atoms with E-state index in [2.05, 4.69) is 0 Å². The molecule has 13 heavy (non-hydrogen) atoms. The van der Waals surface area contributed by atoms with Crippen LogP contribution in [0.2, 0.25) is 0 Å². The molecular formula is C10H13F3. The predicted molar refractivity (Wildman–Crippen MR) is 46.4 cm³/mol. The highest BCUT2D eigenvalue weighted by Gasteiger charge is 2.27. The van der Waals surface area contributed by atoms with Crippen molar-refractivity contribution in [1.29, 1.82) is 0 Å². The second-order valence-corrected chi connectivity index (χ2v) is 3.31. The molecule has 0 N–H and O–H groups in total. The third-order valence-electron chi connectivity index (χ3n) is 2.19. The van der Waals surface area contributed by atoms with Gasteiger partial charge in [0.2, 0.25) is 0 Å². The molecule has 0 aliphatic heterocycles. The van der Waals surface area contributed by atoms with Crippen molar-refractivity contribution in [3.05, 3.63) is 23.3 Å². The van der Waals surface area contributed by atoms with Gasteiger partial charge in [-0.2, -0.15) is 13.2 Å². The van der Waals surface area contributed by atoms with E-state index in [0.717, 1.165) is 24.0 Å². The SMILES string of the molecule is CC1=CCCC=C1CCC(F)(F)F. The summed E-state index contributed by atoms with van der Waals surface area (Å²) in [6.45, 7) is 1.88. The molecule has 0 saturated heterocycles. The van der Waals surface area contributed by atoms with Gasteiger partial charge < -0.3 is 0 Å². The number of hydrogen-bond acceptors (Lipinski definition) is 0. The molecule has 1 aliphatic rings. The third kappa shape index (κ3) is 3.66. The average molecular weight is 190 g/mol. The van der Waals surface area contributed by atoms with E-state index in [-0.39, 0.29) is 6.42 Å². The Balaban J connectivity index is 2.46. The lowest BCUT2D eigenvalue weighted by Crippen LogP contribution is -2.08. The lowest BCUT2D eigenvalue weighted by atomic mass is 9.95. The lowest BCUT2D eigenvalue weighted by Gasteiger charge is -2.13. The van der Waals surface area contributed by atoms with Crippen molar-refractivity contribution in [2.45, 2.75) is 38.8 Å². The second kappa shape index (κ2) is 3.99. The zero-order valence-corrected chi connectivity index (χ0v) is 7.62. The quantitative estimate of drug-likeness (QED) is 0.617. The highest BCUT2D eigenvalue weighted by atomic mass is 19.4. The van der Waals surface area contributed by atoms with E-state index in [0.29, 0.717) is 0 Å². The number of alkyl halides is 3. The zero-order valence-electron chi connectivity index (χ0n) is 7.62. The van der Waals surface area contributed by atoms with Gasteiger partial charge in [0.25, 0.3) is 0 Å². The summed E-state index contributed by atoms with van der Waals surface area (Å²) in [6.07, 6.45) is 1.16. The van der Waals surface area contributed by atoms with Gasteiger partial charge in [-0.3, -0.25) is 0 Å². The molecule has 74 valence electrons. The summed E-state index contributed by atoms with van der Waals surface area (Å²) < 4.78 is 35.7. The Hall–Kier alpha value is -0.730. The van der Waals surface area contributed by atoms with Gasteiger partial charge in [-0.15, -0.1) is 0 Å². The lowest BCUT2D eigenvalue weighted by molar-refractivity contribution is -0.133. The average Bonchev–Trinajstić information content (AvgIpc) is 2.01. The van der Waals surface area contributed by atoms with Gasteiger partial charge >= 0.3 is 6.18 Å². The monoisotopic (exact) mass is 190 g/mol. The topological polar surface area (TPSA) is 0 Å². The Morgan fingerprint density at radius 3 is 2.38 bits per heavy atom. The van der Waals surface area contributed by atoms with E-state index >= 15 is 0 Å². The highest BCUT2D eigenvalue weighted by Crippen LogP contribution is 2.28. The summed E-state index contributed by atoms with van der Waals surface area (Å²) in [6, 6.07) is 0. The van der Waals surface area contributed by atoms with Crippen LogP contribution in [-0.4, -0.2) is 6.18 Å². The molecule has 0 heterocycles. The fourth-order valence-corrected chi connectivity index (χ4v) is 1.43. The van der Waals surface area contributed by atoms with Crippen LogP contribution in [0.3, 0.4) is 0 Å². The van der Waals surface area contributed by atoms with Crippen LogP contribution in [0.25, 0.3) is 0 Å². The van der Waals surface area contributed by atoms with Crippen LogP contribution < -0.4 is 0 Å². The zero-order chi connectivity index (χ0) is 9.90. The normalized spacial score (nSPS) is 18.2.